The van der Waals surface area contributed by atoms with E-state index in [1.54, 1.807) is 0 Å². The van der Waals surface area contributed by atoms with Gasteiger partial charge in [0.2, 0.25) is 0 Å². The monoisotopic (exact) mass is 642 g/mol. The summed E-state index contributed by atoms with van der Waals surface area (Å²) in [6, 6.07) is 0. The number of rotatable bonds is 4. The number of primary amides is 1. The van der Waals surface area contributed by atoms with Crippen LogP contribution >= 0.6 is 67.8 Å². The van der Waals surface area contributed by atoms with E-state index < -0.39 is 17.8 Å². The van der Waals surface area contributed by atoms with Gasteiger partial charge in [-0.2, -0.15) is 5.48 Å². The molecule has 0 saturated heterocycles. The number of hydrogen-bond donors (Lipinski definition) is 2. The summed E-state index contributed by atoms with van der Waals surface area (Å²) in [7, 11) is 0. The summed E-state index contributed by atoms with van der Waals surface area (Å²) in [5, 5.41) is 0. The second-order valence-electron chi connectivity index (χ2n) is 4.31. The van der Waals surface area contributed by atoms with Gasteiger partial charge < -0.3 is 10.6 Å². The van der Waals surface area contributed by atoms with Gasteiger partial charge in [-0.1, -0.05) is 13.3 Å². The van der Waals surface area contributed by atoms with Crippen LogP contribution in [0.4, 0.5) is 0 Å². The van der Waals surface area contributed by atoms with Gasteiger partial charge in [-0.3, -0.25) is 14.4 Å². The van der Waals surface area contributed by atoms with Gasteiger partial charge in [0.1, 0.15) is 0 Å². The predicted molar refractivity (Wildman–Crippen MR) is 106 cm³/mol. The highest BCUT2D eigenvalue weighted by Crippen LogP contribution is 2.32. The van der Waals surface area contributed by atoms with Gasteiger partial charge in [0.15, 0.2) is 0 Å². The third-order valence-electron chi connectivity index (χ3n) is 2.67. The fourth-order valence-corrected chi connectivity index (χ4v) is 6.50. The van der Waals surface area contributed by atoms with Crippen molar-refractivity contribution in [1.29, 1.82) is 0 Å². The molecule has 0 saturated carbocycles. The highest BCUT2D eigenvalue weighted by Gasteiger charge is 2.26. The van der Waals surface area contributed by atoms with E-state index in [1.807, 2.05) is 29.5 Å². The van der Waals surface area contributed by atoms with E-state index in [2.05, 4.69) is 55.5 Å². The third-order valence-corrected chi connectivity index (χ3v) is 6.13. The predicted octanol–water partition coefficient (Wildman–Crippen LogP) is 2.76. The molecule has 0 atom stereocenters. The van der Waals surface area contributed by atoms with Crippen LogP contribution in [0.2, 0.25) is 0 Å². The fraction of sp³-hybridized carbons (Fsp3) is 0.308. The van der Waals surface area contributed by atoms with E-state index in [1.165, 1.54) is 6.92 Å². The lowest BCUT2D eigenvalue weighted by atomic mass is 10.0. The van der Waals surface area contributed by atoms with Gasteiger partial charge >= 0.3 is 5.97 Å². The maximum absolute atomic E-state index is 12.3. The normalized spacial score (nSPS) is 10.2. The van der Waals surface area contributed by atoms with Crippen molar-refractivity contribution in [3.05, 3.63) is 27.4 Å². The third kappa shape index (κ3) is 4.43. The standard InChI is InChI=1S/C13H13I3N2O4/c1-3-4-6-9(14)7(12(17)20)11(16)8(10(6)15)13(21)18-22-5(2)19/h3-4H2,1-2H3,(H2,17,20)(H,18,21). The summed E-state index contributed by atoms with van der Waals surface area (Å²) in [4.78, 5) is 39.4. The zero-order chi connectivity index (χ0) is 17.0. The zero-order valence-electron chi connectivity index (χ0n) is 11.8. The van der Waals surface area contributed by atoms with Crippen LogP contribution in [0.5, 0.6) is 0 Å². The Morgan fingerprint density at radius 3 is 2.09 bits per heavy atom. The molecule has 0 heterocycles. The number of carbonyl (C=O) groups excluding carboxylic acids is 3. The Bertz CT molecular complexity index is 647. The average Bonchev–Trinajstić information content (AvgIpc) is 2.40. The number of hydroxylamine groups is 1. The molecule has 0 aliphatic heterocycles. The molecule has 6 nitrogen and oxygen atoms in total. The van der Waals surface area contributed by atoms with Gasteiger partial charge in [0, 0.05) is 17.6 Å². The zero-order valence-corrected chi connectivity index (χ0v) is 18.2. The van der Waals surface area contributed by atoms with Crippen LogP contribution in [-0.4, -0.2) is 17.8 Å². The second kappa shape index (κ2) is 8.61. The maximum Gasteiger partial charge on any atom is 0.329 e. The number of nitrogens with one attached hydrogen (secondary N) is 1. The molecule has 1 aromatic rings. The number of hydrogen-bond acceptors (Lipinski definition) is 4. The van der Waals surface area contributed by atoms with Crippen molar-refractivity contribution in [3.63, 3.8) is 0 Å². The lowest BCUT2D eigenvalue weighted by molar-refractivity contribution is -0.146. The Labute approximate surface area is 168 Å². The first-order chi connectivity index (χ1) is 10.2. The molecule has 2 amide bonds. The van der Waals surface area contributed by atoms with Crippen LogP contribution in [0, 0.1) is 10.7 Å². The Morgan fingerprint density at radius 1 is 1.09 bits per heavy atom. The van der Waals surface area contributed by atoms with E-state index in [-0.39, 0.29) is 0 Å². The van der Waals surface area contributed by atoms with Crippen molar-refractivity contribution in [3.8, 4) is 0 Å². The summed E-state index contributed by atoms with van der Waals surface area (Å²) in [6.45, 7) is 3.19. The first-order valence-corrected chi connectivity index (χ1v) is 9.42. The number of carbonyl (C=O) groups is 3. The summed E-state index contributed by atoms with van der Waals surface area (Å²) >= 11 is 6.05. The maximum atomic E-state index is 12.3. The lowest BCUT2D eigenvalue weighted by Crippen LogP contribution is -2.29. The first-order valence-electron chi connectivity index (χ1n) is 6.19. The molecule has 0 aliphatic carbocycles. The molecule has 120 valence electrons. The highest BCUT2D eigenvalue weighted by atomic mass is 127. The van der Waals surface area contributed by atoms with Crippen molar-refractivity contribution in [2.45, 2.75) is 26.7 Å². The van der Waals surface area contributed by atoms with Gasteiger partial charge in [-0.05, 0) is 79.8 Å². The SMILES string of the molecule is CCCc1c(I)c(C(N)=O)c(I)c(C(=O)NOC(C)=O)c1I. The van der Waals surface area contributed by atoms with Crippen LogP contribution in [0.3, 0.4) is 0 Å². The number of halogens is 3. The molecule has 0 bridgehead atoms. The van der Waals surface area contributed by atoms with Crippen LogP contribution in [-0.2, 0) is 16.1 Å². The van der Waals surface area contributed by atoms with Crippen LogP contribution < -0.4 is 11.2 Å². The Morgan fingerprint density at radius 2 is 1.64 bits per heavy atom. The minimum absolute atomic E-state index is 0.292. The van der Waals surface area contributed by atoms with Gasteiger partial charge in [-0.15, -0.1) is 0 Å². The van der Waals surface area contributed by atoms with E-state index in [0.29, 0.717) is 21.1 Å². The molecule has 0 aromatic heterocycles. The molecule has 3 N–H and O–H groups in total. The molecular formula is C13H13I3N2O4. The summed E-state index contributed by atoms with van der Waals surface area (Å²) < 4.78 is 1.93. The summed E-state index contributed by atoms with van der Waals surface area (Å²) in [6.07, 6.45) is 1.57. The molecule has 9 heteroatoms. The quantitative estimate of drug-likeness (QED) is 0.391. The van der Waals surface area contributed by atoms with E-state index in [9.17, 15) is 14.4 Å². The van der Waals surface area contributed by atoms with E-state index >= 15 is 0 Å². The van der Waals surface area contributed by atoms with Crippen molar-refractivity contribution >= 4 is 85.6 Å². The molecule has 22 heavy (non-hydrogen) atoms. The largest absolute Gasteiger partial charge is 0.366 e. The minimum Gasteiger partial charge on any atom is -0.366 e. The Kier molecular flexibility index (Phi) is 7.78. The van der Waals surface area contributed by atoms with E-state index in [0.717, 1.165) is 19.1 Å². The molecule has 1 aromatic carbocycles. The number of amides is 2. The van der Waals surface area contributed by atoms with Crippen molar-refractivity contribution in [2.24, 2.45) is 5.73 Å². The molecule has 0 radical (unpaired) electrons. The van der Waals surface area contributed by atoms with Crippen LogP contribution in [0.25, 0.3) is 0 Å². The minimum atomic E-state index is -0.632. The van der Waals surface area contributed by atoms with Gasteiger partial charge in [-0.25, -0.2) is 0 Å². The Hall–Kier alpha value is -0.180. The molecule has 1 rings (SSSR count). The molecule has 0 unspecified atom stereocenters. The first kappa shape index (κ1) is 19.9. The number of benzene rings is 1. The number of nitrogens with two attached hydrogens (primary N) is 1. The molecule has 0 aliphatic rings. The second-order valence-corrected chi connectivity index (χ2v) is 7.55. The lowest BCUT2D eigenvalue weighted by Gasteiger charge is -2.17. The Balaban J connectivity index is 3.52. The van der Waals surface area contributed by atoms with Crippen LogP contribution in [0.15, 0.2) is 0 Å². The molecule has 0 fully saturated rings. The van der Waals surface area contributed by atoms with E-state index in [4.69, 9.17) is 5.73 Å². The molecular weight excluding hydrogens is 629 g/mol. The van der Waals surface area contributed by atoms with Crippen LogP contribution in [0.1, 0.15) is 46.5 Å². The summed E-state index contributed by atoms with van der Waals surface area (Å²) in [5.74, 6) is -1.81. The fourth-order valence-electron chi connectivity index (χ4n) is 1.77. The smallest absolute Gasteiger partial charge is 0.329 e. The topological polar surface area (TPSA) is 98.5 Å². The molecule has 0 spiro atoms. The van der Waals surface area contributed by atoms with Crippen molar-refractivity contribution < 1.29 is 19.2 Å². The summed E-state index contributed by atoms with van der Waals surface area (Å²) in [5.41, 5.74) is 9.04. The van der Waals surface area contributed by atoms with Gasteiger partial charge in [0.25, 0.3) is 11.8 Å². The van der Waals surface area contributed by atoms with Gasteiger partial charge in [0.05, 0.1) is 11.1 Å². The average molecular weight is 642 g/mol. The van der Waals surface area contributed by atoms with Crippen molar-refractivity contribution in [1.82, 2.24) is 5.48 Å². The highest BCUT2D eigenvalue weighted by molar-refractivity contribution is 14.1. The van der Waals surface area contributed by atoms with Crippen molar-refractivity contribution in [2.75, 3.05) is 0 Å².